The molecule has 1 amide bonds. The van der Waals surface area contributed by atoms with Gasteiger partial charge in [-0.05, 0) is 74.2 Å². The van der Waals surface area contributed by atoms with Crippen molar-refractivity contribution in [3.05, 3.63) is 78.5 Å². The Morgan fingerprint density at radius 2 is 1.93 bits per heavy atom. The Bertz CT molecular complexity index is 1760. The highest BCUT2D eigenvalue weighted by molar-refractivity contribution is 6.05. The molecule has 0 spiro atoms. The van der Waals surface area contributed by atoms with Gasteiger partial charge in [-0.2, -0.15) is 0 Å². The van der Waals surface area contributed by atoms with Crippen molar-refractivity contribution in [2.24, 2.45) is 0 Å². The van der Waals surface area contributed by atoms with E-state index in [0.717, 1.165) is 48.3 Å². The molecule has 11 nitrogen and oxygen atoms in total. The van der Waals surface area contributed by atoms with E-state index in [1.165, 1.54) is 0 Å². The number of fused-ring (bicyclic) bond motifs is 2. The average molecular weight is 550 g/mol. The van der Waals surface area contributed by atoms with Gasteiger partial charge in [0, 0.05) is 35.3 Å². The summed E-state index contributed by atoms with van der Waals surface area (Å²) in [6.45, 7) is 2.87. The van der Waals surface area contributed by atoms with E-state index in [-0.39, 0.29) is 18.9 Å². The third kappa shape index (κ3) is 4.80. The summed E-state index contributed by atoms with van der Waals surface area (Å²) in [4.78, 5) is 31.4. The Hall–Kier alpha value is -5.03. The third-order valence-electron chi connectivity index (χ3n) is 7.27. The van der Waals surface area contributed by atoms with Crippen molar-refractivity contribution >= 4 is 34.3 Å². The number of anilines is 3. The molecular formula is C30H27N7O4. The second-order valence-corrected chi connectivity index (χ2v) is 9.94. The van der Waals surface area contributed by atoms with E-state index in [1.807, 2.05) is 41.8 Å². The van der Waals surface area contributed by atoms with Gasteiger partial charge >= 0.3 is 0 Å². The van der Waals surface area contributed by atoms with Gasteiger partial charge in [-0.1, -0.05) is 6.07 Å². The number of carbonyl (C=O) groups excluding carboxylic acids is 1. The van der Waals surface area contributed by atoms with Crippen LogP contribution in [-0.4, -0.2) is 43.8 Å². The van der Waals surface area contributed by atoms with Crippen LogP contribution in [0.5, 0.6) is 11.5 Å². The number of rotatable bonds is 6. The molecule has 1 saturated heterocycles. The highest BCUT2D eigenvalue weighted by atomic mass is 16.7. The molecule has 3 aromatic heterocycles. The Balaban J connectivity index is 1.17. The van der Waals surface area contributed by atoms with Crippen molar-refractivity contribution < 1.29 is 19.0 Å². The summed E-state index contributed by atoms with van der Waals surface area (Å²) in [5, 5.41) is 6.41. The molecule has 0 saturated carbocycles. The van der Waals surface area contributed by atoms with Crippen molar-refractivity contribution in [1.29, 1.82) is 0 Å². The van der Waals surface area contributed by atoms with Crippen LogP contribution in [0.1, 0.15) is 41.4 Å². The first kappa shape index (κ1) is 25.0. The summed E-state index contributed by atoms with van der Waals surface area (Å²) in [7, 11) is 0. The number of aromatic nitrogens is 5. The van der Waals surface area contributed by atoms with Gasteiger partial charge in [0.1, 0.15) is 29.6 Å². The van der Waals surface area contributed by atoms with Crippen LogP contribution in [0.4, 0.5) is 17.2 Å². The minimum Gasteiger partial charge on any atom is -0.454 e. The van der Waals surface area contributed by atoms with Gasteiger partial charge in [0.05, 0.1) is 6.33 Å². The second-order valence-electron chi connectivity index (χ2n) is 9.94. The Kier molecular flexibility index (Phi) is 6.40. The molecule has 2 aliphatic heterocycles. The Morgan fingerprint density at radius 3 is 2.83 bits per heavy atom. The number of nitrogens with zero attached hydrogens (tertiary/aromatic N) is 5. The maximum absolute atomic E-state index is 13.0. The smallest absolute Gasteiger partial charge is 0.255 e. The van der Waals surface area contributed by atoms with Crippen LogP contribution in [0, 0.1) is 6.92 Å². The highest BCUT2D eigenvalue weighted by Crippen LogP contribution is 2.35. The molecule has 0 bridgehead atoms. The molecule has 41 heavy (non-hydrogen) atoms. The van der Waals surface area contributed by atoms with E-state index in [9.17, 15) is 4.79 Å². The lowest BCUT2D eigenvalue weighted by atomic mass is 10.1. The lowest BCUT2D eigenvalue weighted by molar-refractivity contribution is -0.0298. The third-order valence-corrected chi connectivity index (χ3v) is 7.27. The SMILES string of the molecule is Cc1ccc(NC(=O)c2ccc3c(c2)OCO3)cc1Nc1ncccc1-c1ncnc2c1ncn2C1CCCCO1. The van der Waals surface area contributed by atoms with Gasteiger partial charge < -0.3 is 24.8 Å². The van der Waals surface area contributed by atoms with Gasteiger partial charge in [0.25, 0.3) is 5.91 Å². The minimum atomic E-state index is -0.252. The van der Waals surface area contributed by atoms with Gasteiger partial charge in [0.15, 0.2) is 17.1 Å². The van der Waals surface area contributed by atoms with Crippen LogP contribution >= 0.6 is 0 Å². The average Bonchev–Trinajstić information content (AvgIpc) is 3.66. The molecule has 2 aliphatic rings. The normalized spacial score (nSPS) is 16.1. The molecule has 2 aromatic carbocycles. The number of carbonyl (C=O) groups is 1. The zero-order valence-electron chi connectivity index (χ0n) is 22.3. The molecule has 1 fully saturated rings. The first-order valence-corrected chi connectivity index (χ1v) is 13.5. The number of ether oxygens (including phenoxy) is 3. The number of amides is 1. The topological polar surface area (TPSA) is 125 Å². The van der Waals surface area contributed by atoms with Gasteiger partial charge in [-0.25, -0.2) is 19.9 Å². The van der Waals surface area contributed by atoms with Crippen molar-refractivity contribution in [2.75, 3.05) is 24.0 Å². The van der Waals surface area contributed by atoms with Gasteiger partial charge in [0.2, 0.25) is 6.79 Å². The number of imidazole rings is 1. The summed E-state index contributed by atoms with van der Waals surface area (Å²) in [5.74, 6) is 1.54. The lowest BCUT2D eigenvalue weighted by Gasteiger charge is -2.23. The zero-order valence-corrected chi connectivity index (χ0v) is 22.3. The van der Waals surface area contributed by atoms with Crippen LogP contribution in [0.25, 0.3) is 22.4 Å². The maximum atomic E-state index is 13.0. The predicted molar refractivity (Wildman–Crippen MR) is 152 cm³/mol. The summed E-state index contributed by atoms with van der Waals surface area (Å²) in [5.41, 5.74) is 5.74. The predicted octanol–water partition coefficient (Wildman–Crippen LogP) is 5.62. The van der Waals surface area contributed by atoms with Crippen LogP contribution in [0.2, 0.25) is 0 Å². The maximum Gasteiger partial charge on any atom is 0.255 e. The Morgan fingerprint density at radius 1 is 1.00 bits per heavy atom. The summed E-state index contributed by atoms with van der Waals surface area (Å²) < 4.78 is 18.7. The fraction of sp³-hybridized carbons (Fsp3) is 0.233. The van der Waals surface area contributed by atoms with E-state index in [2.05, 4.69) is 30.6 Å². The molecule has 206 valence electrons. The van der Waals surface area contributed by atoms with E-state index in [0.29, 0.717) is 39.8 Å². The van der Waals surface area contributed by atoms with E-state index < -0.39 is 0 Å². The number of benzene rings is 2. The summed E-state index contributed by atoms with van der Waals surface area (Å²) >= 11 is 0. The first-order chi connectivity index (χ1) is 20.1. The zero-order chi connectivity index (χ0) is 27.8. The molecule has 1 unspecified atom stereocenters. The Labute approximate surface area is 235 Å². The minimum absolute atomic E-state index is 0.0822. The largest absolute Gasteiger partial charge is 0.454 e. The molecule has 0 radical (unpaired) electrons. The van der Waals surface area contributed by atoms with Crippen LogP contribution < -0.4 is 20.1 Å². The second kappa shape index (κ2) is 10.5. The summed E-state index contributed by atoms with van der Waals surface area (Å²) in [6, 6.07) is 14.6. The van der Waals surface area contributed by atoms with Crippen LogP contribution in [-0.2, 0) is 4.74 Å². The van der Waals surface area contributed by atoms with Crippen LogP contribution in [0.15, 0.2) is 67.4 Å². The van der Waals surface area contributed by atoms with Gasteiger partial charge in [-0.3, -0.25) is 9.36 Å². The van der Waals surface area contributed by atoms with Gasteiger partial charge in [-0.15, -0.1) is 0 Å². The monoisotopic (exact) mass is 549 g/mol. The van der Waals surface area contributed by atoms with Crippen molar-refractivity contribution in [3.63, 3.8) is 0 Å². The lowest BCUT2D eigenvalue weighted by Crippen LogP contribution is -2.17. The standard InChI is InChI=1S/C30H27N7O4/c1-18-7-9-20(35-30(38)19-8-10-23-24(13-19)41-17-40-23)14-22(18)36-28-21(5-4-11-31-28)26-27-29(33-15-32-26)37(16-34-27)25-6-2-3-12-39-25/h4-5,7-11,13-16,25H,2-3,6,12,17H2,1H3,(H,31,36)(H,35,38). The molecule has 7 rings (SSSR count). The number of pyridine rings is 1. The van der Waals surface area contributed by atoms with Crippen molar-refractivity contribution in [1.82, 2.24) is 24.5 Å². The summed E-state index contributed by atoms with van der Waals surface area (Å²) in [6.07, 6.45) is 8.06. The fourth-order valence-corrected chi connectivity index (χ4v) is 5.10. The molecule has 11 heteroatoms. The molecule has 0 aliphatic carbocycles. The molecule has 5 aromatic rings. The first-order valence-electron chi connectivity index (χ1n) is 13.5. The number of nitrogens with one attached hydrogen (secondary N) is 2. The fourth-order valence-electron chi connectivity index (χ4n) is 5.10. The van der Waals surface area contributed by atoms with Crippen LogP contribution in [0.3, 0.4) is 0 Å². The van der Waals surface area contributed by atoms with E-state index in [4.69, 9.17) is 14.2 Å². The quantitative estimate of drug-likeness (QED) is 0.278. The number of aryl methyl sites for hydroxylation is 1. The highest BCUT2D eigenvalue weighted by Gasteiger charge is 2.22. The van der Waals surface area contributed by atoms with Crippen molar-refractivity contribution in [2.45, 2.75) is 32.4 Å². The molecular weight excluding hydrogens is 522 g/mol. The number of hydrogen-bond acceptors (Lipinski definition) is 9. The molecule has 5 heterocycles. The van der Waals surface area contributed by atoms with Crippen molar-refractivity contribution in [3.8, 4) is 22.8 Å². The molecule has 1 atom stereocenters. The van der Waals surface area contributed by atoms with E-state index >= 15 is 0 Å². The van der Waals surface area contributed by atoms with E-state index in [1.54, 1.807) is 37.1 Å². The molecule has 2 N–H and O–H groups in total. The number of hydrogen-bond donors (Lipinski definition) is 2.